The number of nitrogens with zero attached hydrogens (tertiary/aromatic N) is 1. The second kappa shape index (κ2) is 4.33. The maximum Gasteiger partial charge on any atom is 0.323 e. The molecule has 1 saturated heterocycles. The number of carbonyl (C=O) groups is 1. The minimum atomic E-state index is -0.243. The van der Waals surface area contributed by atoms with E-state index >= 15 is 0 Å². The Bertz CT molecular complexity index is 635. The van der Waals surface area contributed by atoms with Gasteiger partial charge >= 0.3 is 5.69 Å². The lowest BCUT2D eigenvalue weighted by Gasteiger charge is -2.26. The number of H-pyrrole nitrogens is 2. The zero-order valence-corrected chi connectivity index (χ0v) is 10.0. The third-order valence-corrected chi connectivity index (χ3v) is 3.41. The second-order valence-corrected chi connectivity index (χ2v) is 4.69. The summed E-state index contributed by atoms with van der Waals surface area (Å²) in [5.41, 5.74) is 1.81. The number of hydrogen-bond donors (Lipinski definition) is 2. The maximum atomic E-state index is 12.3. The highest BCUT2D eigenvalue weighted by Gasteiger charge is 2.18. The van der Waals surface area contributed by atoms with Gasteiger partial charge in [-0.25, -0.2) is 4.79 Å². The molecule has 0 aliphatic carbocycles. The molecule has 5 nitrogen and oxygen atoms in total. The van der Waals surface area contributed by atoms with Crippen LogP contribution in [0.1, 0.15) is 29.6 Å². The van der Waals surface area contributed by atoms with Crippen LogP contribution < -0.4 is 5.69 Å². The van der Waals surface area contributed by atoms with Gasteiger partial charge in [0.1, 0.15) is 0 Å². The third kappa shape index (κ3) is 1.92. The van der Waals surface area contributed by atoms with E-state index in [-0.39, 0.29) is 11.6 Å². The van der Waals surface area contributed by atoms with E-state index in [1.54, 1.807) is 18.2 Å². The third-order valence-electron chi connectivity index (χ3n) is 3.41. The van der Waals surface area contributed by atoms with E-state index in [1.807, 2.05) is 4.90 Å². The SMILES string of the molecule is O=C(c1ccc2[nH]c(=O)[nH]c2c1)N1CCCCC1. The molecule has 5 heteroatoms. The molecule has 2 aromatic rings. The first-order valence-electron chi connectivity index (χ1n) is 6.25. The van der Waals surface area contributed by atoms with Crippen molar-refractivity contribution < 1.29 is 4.79 Å². The summed E-state index contributed by atoms with van der Waals surface area (Å²) in [6.45, 7) is 1.67. The molecule has 0 atom stereocenters. The minimum absolute atomic E-state index is 0.0543. The molecule has 1 amide bonds. The van der Waals surface area contributed by atoms with Crippen LogP contribution in [0.3, 0.4) is 0 Å². The zero-order chi connectivity index (χ0) is 12.5. The largest absolute Gasteiger partial charge is 0.339 e. The number of amides is 1. The number of fused-ring (bicyclic) bond motifs is 1. The Morgan fingerprint density at radius 1 is 1.06 bits per heavy atom. The van der Waals surface area contributed by atoms with Crippen molar-refractivity contribution in [1.29, 1.82) is 0 Å². The van der Waals surface area contributed by atoms with Crippen molar-refractivity contribution >= 4 is 16.9 Å². The van der Waals surface area contributed by atoms with Gasteiger partial charge in [-0.3, -0.25) is 4.79 Å². The number of aromatic nitrogens is 2. The summed E-state index contributed by atoms with van der Waals surface area (Å²) in [4.78, 5) is 30.7. The van der Waals surface area contributed by atoms with E-state index in [4.69, 9.17) is 0 Å². The van der Waals surface area contributed by atoms with Gasteiger partial charge in [0.05, 0.1) is 11.0 Å². The lowest BCUT2D eigenvalue weighted by atomic mass is 10.1. The van der Waals surface area contributed by atoms with E-state index in [1.165, 1.54) is 6.42 Å². The molecule has 1 aromatic carbocycles. The molecular weight excluding hydrogens is 230 g/mol. The first kappa shape index (κ1) is 11.1. The average molecular weight is 245 g/mol. The van der Waals surface area contributed by atoms with Gasteiger partial charge in [-0.05, 0) is 37.5 Å². The minimum Gasteiger partial charge on any atom is -0.339 e. The number of hydrogen-bond acceptors (Lipinski definition) is 2. The fourth-order valence-corrected chi connectivity index (χ4v) is 2.45. The van der Waals surface area contributed by atoms with E-state index < -0.39 is 0 Å². The van der Waals surface area contributed by atoms with Crippen LogP contribution in [0.2, 0.25) is 0 Å². The quantitative estimate of drug-likeness (QED) is 0.799. The number of rotatable bonds is 1. The van der Waals surface area contributed by atoms with Crippen LogP contribution in [-0.2, 0) is 0 Å². The number of aromatic amines is 2. The highest BCUT2D eigenvalue weighted by molar-refractivity contribution is 5.97. The Morgan fingerprint density at radius 3 is 2.56 bits per heavy atom. The van der Waals surface area contributed by atoms with E-state index in [9.17, 15) is 9.59 Å². The average Bonchev–Trinajstić information content (AvgIpc) is 2.78. The molecule has 0 bridgehead atoms. The van der Waals surface area contributed by atoms with Crippen LogP contribution in [0, 0.1) is 0 Å². The Labute approximate surface area is 104 Å². The Hall–Kier alpha value is -2.04. The van der Waals surface area contributed by atoms with Gasteiger partial charge in [0.2, 0.25) is 0 Å². The van der Waals surface area contributed by atoms with E-state index in [0.717, 1.165) is 31.4 Å². The van der Waals surface area contributed by atoms with Gasteiger partial charge in [-0.1, -0.05) is 0 Å². The molecule has 3 rings (SSSR count). The predicted octanol–water partition coefficient (Wildman–Crippen LogP) is 1.48. The van der Waals surface area contributed by atoms with Gasteiger partial charge in [-0.15, -0.1) is 0 Å². The molecule has 1 aliphatic heterocycles. The smallest absolute Gasteiger partial charge is 0.323 e. The number of imidazole rings is 1. The molecule has 0 unspecified atom stereocenters. The summed E-state index contributed by atoms with van der Waals surface area (Å²) in [6.07, 6.45) is 3.36. The Kier molecular flexibility index (Phi) is 2.66. The van der Waals surface area contributed by atoms with Crippen molar-refractivity contribution in [2.75, 3.05) is 13.1 Å². The number of piperidine rings is 1. The first-order valence-corrected chi connectivity index (χ1v) is 6.25. The van der Waals surface area contributed by atoms with Gasteiger partial charge in [0, 0.05) is 18.7 Å². The molecule has 94 valence electrons. The Balaban J connectivity index is 1.92. The monoisotopic (exact) mass is 245 g/mol. The standard InChI is InChI=1S/C13H15N3O2/c17-12(16-6-2-1-3-7-16)9-4-5-10-11(8-9)15-13(18)14-10/h4-5,8H,1-3,6-7H2,(H2,14,15,18). The van der Waals surface area contributed by atoms with Gasteiger partial charge in [-0.2, -0.15) is 0 Å². The summed E-state index contributed by atoms with van der Waals surface area (Å²) in [6, 6.07) is 5.28. The predicted molar refractivity (Wildman–Crippen MR) is 68.7 cm³/mol. The summed E-state index contributed by atoms with van der Waals surface area (Å²) < 4.78 is 0. The number of nitrogens with one attached hydrogen (secondary N) is 2. The topological polar surface area (TPSA) is 69.0 Å². The molecular formula is C13H15N3O2. The molecule has 2 N–H and O–H groups in total. The molecule has 1 fully saturated rings. The van der Waals surface area contributed by atoms with E-state index in [2.05, 4.69) is 9.97 Å². The maximum absolute atomic E-state index is 12.3. The van der Waals surface area contributed by atoms with Gasteiger partial charge in [0.25, 0.3) is 5.91 Å². The fraction of sp³-hybridized carbons (Fsp3) is 0.385. The van der Waals surface area contributed by atoms with Crippen molar-refractivity contribution in [1.82, 2.24) is 14.9 Å². The van der Waals surface area contributed by atoms with Crippen molar-refractivity contribution in [2.45, 2.75) is 19.3 Å². The van der Waals surface area contributed by atoms with Gasteiger partial charge < -0.3 is 14.9 Å². The van der Waals surface area contributed by atoms with Crippen LogP contribution in [0.4, 0.5) is 0 Å². The molecule has 0 spiro atoms. The van der Waals surface area contributed by atoms with Crippen LogP contribution in [0.15, 0.2) is 23.0 Å². The van der Waals surface area contributed by atoms with Crippen LogP contribution >= 0.6 is 0 Å². The number of benzene rings is 1. The Morgan fingerprint density at radius 2 is 1.78 bits per heavy atom. The summed E-state index contributed by atoms with van der Waals surface area (Å²) >= 11 is 0. The highest BCUT2D eigenvalue weighted by atomic mass is 16.2. The number of carbonyl (C=O) groups excluding carboxylic acids is 1. The van der Waals surface area contributed by atoms with Crippen LogP contribution in [-0.4, -0.2) is 33.9 Å². The van der Waals surface area contributed by atoms with E-state index in [0.29, 0.717) is 11.1 Å². The lowest BCUT2D eigenvalue weighted by Crippen LogP contribution is -2.35. The summed E-state index contributed by atoms with van der Waals surface area (Å²) in [5.74, 6) is 0.0543. The van der Waals surface area contributed by atoms with Crippen molar-refractivity contribution in [3.05, 3.63) is 34.2 Å². The summed E-state index contributed by atoms with van der Waals surface area (Å²) in [5, 5.41) is 0. The molecule has 0 radical (unpaired) electrons. The lowest BCUT2D eigenvalue weighted by molar-refractivity contribution is 0.0724. The molecule has 2 heterocycles. The summed E-state index contributed by atoms with van der Waals surface area (Å²) in [7, 11) is 0. The zero-order valence-electron chi connectivity index (χ0n) is 10.0. The van der Waals surface area contributed by atoms with Crippen molar-refractivity contribution in [3.8, 4) is 0 Å². The van der Waals surface area contributed by atoms with Crippen LogP contribution in [0.25, 0.3) is 11.0 Å². The van der Waals surface area contributed by atoms with Crippen LogP contribution in [0.5, 0.6) is 0 Å². The van der Waals surface area contributed by atoms with Crippen molar-refractivity contribution in [3.63, 3.8) is 0 Å². The normalized spacial score (nSPS) is 16.1. The van der Waals surface area contributed by atoms with Crippen molar-refractivity contribution in [2.24, 2.45) is 0 Å². The van der Waals surface area contributed by atoms with Gasteiger partial charge in [0.15, 0.2) is 0 Å². The second-order valence-electron chi connectivity index (χ2n) is 4.69. The molecule has 1 aliphatic rings. The first-order chi connectivity index (χ1) is 8.74. The molecule has 1 aromatic heterocycles. The number of likely N-dealkylation sites (tertiary alicyclic amines) is 1. The highest BCUT2D eigenvalue weighted by Crippen LogP contribution is 2.15. The molecule has 0 saturated carbocycles. The fourth-order valence-electron chi connectivity index (χ4n) is 2.45. The molecule has 18 heavy (non-hydrogen) atoms.